The molecule has 7 heteroatoms. The van der Waals surface area contributed by atoms with E-state index in [1.807, 2.05) is 44.2 Å². The Morgan fingerprint density at radius 1 is 1.03 bits per heavy atom. The second kappa shape index (κ2) is 8.80. The number of hydrogen-bond acceptors (Lipinski definition) is 6. The van der Waals surface area contributed by atoms with Gasteiger partial charge in [0.1, 0.15) is 16.1 Å². The van der Waals surface area contributed by atoms with Gasteiger partial charge in [-0.25, -0.2) is 4.79 Å². The average Bonchev–Trinajstić information content (AvgIpc) is 3.17. The van der Waals surface area contributed by atoms with E-state index in [1.54, 1.807) is 24.4 Å². The predicted octanol–water partition coefficient (Wildman–Crippen LogP) is 5.57. The third-order valence-electron chi connectivity index (χ3n) is 4.97. The number of esters is 1. The average molecular weight is 448 g/mol. The molecule has 0 fully saturated rings. The summed E-state index contributed by atoms with van der Waals surface area (Å²) in [5, 5.41) is 5.25. The number of rotatable bonds is 5. The Bertz CT molecular complexity index is 1380. The fourth-order valence-electron chi connectivity index (χ4n) is 3.34. The van der Waals surface area contributed by atoms with Gasteiger partial charge >= 0.3 is 5.97 Å². The van der Waals surface area contributed by atoms with Gasteiger partial charge in [0.15, 0.2) is 11.2 Å². The van der Waals surface area contributed by atoms with Gasteiger partial charge in [-0.2, -0.15) is 0 Å². The number of carbonyl (C=O) groups excluding carboxylic acids is 2. The molecule has 0 atom stereocenters. The molecule has 162 valence electrons. The van der Waals surface area contributed by atoms with Crippen LogP contribution in [0.4, 0.5) is 5.00 Å². The molecule has 2 aromatic heterocycles. The zero-order chi connectivity index (χ0) is 22.8. The van der Waals surface area contributed by atoms with Crippen LogP contribution >= 0.6 is 11.3 Å². The molecule has 0 unspecified atom stereocenters. The molecule has 0 spiro atoms. The third kappa shape index (κ3) is 4.20. The molecule has 6 nitrogen and oxygen atoms in total. The van der Waals surface area contributed by atoms with Crippen LogP contribution in [-0.4, -0.2) is 18.5 Å². The molecule has 4 rings (SSSR count). The molecular weight excluding hydrogens is 426 g/mol. The highest BCUT2D eigenvalue weighted by Crippen LogP contribution is 2.36. The third-order valence-corrected chi connectivity index (χ3v) is 5.86. The Labute approximate surface area is 188 Å². The Balaban J connectivity index is 1.73. The van der Waals surface area contributed by atoms with Crippen LogP contribution in [0.2, 0.25) is 0 Å². The van der Waals surface area contributed by atoms with Crippen molar-refractivity contribution in [2.75, 3.05) is 11.9 Å². The summed E-state index contributed by atoms with van der Waals surface area (Å²) in [6, 6.07) is 14.1. The Hall–Kier alpha value is -3.71. The van der Waals surface area contributed by atoms with E-state index < -0.39 is 11.9 Å². The maximum atomic E-state index is 12.9. The van der Waals surface area contributed by atoms with Crippen LogP contribution in [0, 0.1) is 13.8 Å². The Kier molecular flexibility index (Phi) is 5.92. The SMILES string of the molecule is CCOC(=O)c1c(-c2ccc(C)cc2)csc1NC(=O)c1cc(=O)c2ccc(C)cc2o1. The molecule has 2 heterocycles. The highest BCUT2D eigenvalue weighted by Gasteiger charge is 2.24. The molecule has 1 amide bonds. The lowest BCUT2D eigenvalue weighted by molar-refractivity contribution is 0.0529. The number of amides is 1. The van der Waals surface area contributed by atoms with Crippen molar-refractivity contribution in [1.29, 1.82) is 0 Å². The first-order valence-corrected chi connectivity index (χ1v) is 11.0. The zero-order valence-corrected chi connectivity index (χ0v) is 18.7. The molecule has 0 aliphatic rings. The van der Waals surface area contributed by atoms with Gasteiger partial charge in [0.25, 0.3) is 5.91 Å². The minimum Gasteiger partial charge on any atom is -0.462 e. The molecule has 0 radical (unpaired) electrons. The number of thiophene rings is 1. The van der Waals surface area contributed by atoms with Crippen molar-refractivity contribution in [2.24, 2.45) is 0 Å². The summed E-state index contributed by atoms with van der Waals surface area (Å²) in [5.41, 5.74) is 3.80. The second-order valence-electron chi connectivity index (χ2n) is 7.37. The monoisotopic (exact) mass is 447 g/mol. The summed E-state index contributed by atoms with van der Waals surface area (Å²) in [4.78, 5) is 38.1. The number of anilines is 1. The summed E-state index contributed by atoms with van der Waals surface area (Å²) in [6.07, 6.45) is 0. The second-order valence-corrected chi connectivity index (χ2v) is 8.25. The highest BCUT2D eigenvalue weighted by molar-refractivity contribution is 7.15. The van der Waals surface area contributed by atoms with Crippen molar-refractivity contribution in [3.8, 4) is 11.1 Å². The summed E-state index contributed by atoms with van der Waals surface area (Å²) < 4.78 is 10.9. The normalized spacial score (nSPS) is 10.8. The molecular formula is C25H21NO5S. The van der Waals surface area contributed by atoms with E-state index in [0.29, 0.717) is 21.5 Å². The quantitative estimate of drug-likeness (QED) is 0.405. The van der Waals surface area contributed by atoms with E-state index in [0.717, 1.165) is 22.8 Å². The van der Waals surface area contributed by atoms with Gasteiger partial charge in [-0.05, 0) is 44.0 Å². The predicted molar refractivity (Wildman–Crippen MR) is 126 cm³/mol. The van der Waals surface area contributed by atoms with E-state index in [4.69, 9.17) is 9.15 Å². The summed E-state index contributed by atoms with van der Waals surface area (Å²) in [7, 11) is 0. The number of aryl methyl sites for hydroxylation is 2. The first-order chi connectivity index (χ1) is 15.4. The van der Waals surface area contributed by atoms with Crippen LogP contribution < -0.4 is 10.7 Å². The van der Waals surface area contributed by atoms with Crippen LogP contribution in [-0.2, 0) is 4.74 Å². The molecule has 32 heavy (non-hydrogen) atoms. The lowest BCUT2D eigenvalue weighted by Gasteiger charge is -2.09. The smallest absolute Gasteiger partial charge is 0.341 e. The number of benzene rings is 2. The van der Waals surface area contributed by atoms with E-state index in [9.17, 15) is 14.4 Å². The highest BCUT2D eigenvalue weighted by atomic mass is 32.1. The van der Waals surface area contributed by atoms with Crippen molar-refractivity contribution in [3.05, 3.63) is 86.6 Å². The number of nitrogens with one attached hydrogen (secondary N) is 1. The van der Waals surface area contributed by atoms with E-state index >= 15 is 0 Å². The van der Waals surface area contributed by atoms with Crippen LogP contribution in [0.25, 0.3) is 22.1 Å². The summed E-state index contributed by atoms with van der Waals surface area (Å²) in [6.45, 7) is 5.78. The molecule has 0 aliphatic carbocycles. The first-order valence-electron chi connectivity index (χ1n) is 10.1. The molecule has 1 N–H and O–H groups in total. The van der Waals surface area contributed by atoms with Gasteiger partial charge in [0, 0.05) is 17.0 Å². The molecule has 4 aromatic rings. The van der Waals surface area contributed by atoms with Crippen molar-refractivity contribution in [3.63, 3.8) is 0 Å². The molecule has 0 saturated carbocycles. The summed E-state index contributed by atoms with van der Waals surface area (Å²) >= 11 is 1.21. The number of hydrogen-bond donors (Lipinski definition) is 1. The van der Waals surface area contributed by atoms with E-state index in [-0.39, 0.29) is 23.4 Å². The number of ether oxygens (including phenoxy) is 1. The van der Waals surface area contributed by atoms with Crippen LogP contribution in [0.5, 0.6) is 0 Å². The Morgan fingerprint density at radius 2 is 1.75 bits per heavy atom. The van der Waals surface area contributed by atoms with Crippen molar-refractivity contribution in [2.45, 2.75) is 20.8 Å². The largest absolute Gasteiger partial charge is 0.462 e. The van der Waals surface area contributed by atoms with Crippen molar-refractivity contribution >= 4 is 39.2 Å². The molecule has 0 aliphatic heterocycles. The standard InChI is InChI=1S/C25H21NO5S/c1-4-30-25(29)22-18(16-8-5-14(2)6-9-16)13-32-24(22)26-23(28)21-12-19(27)17-10-7-15(3)11-20(17)31-21/h5-13H,4H2,1-3H3,(H,26,28). The topological polar surface area (TPSA) is 85.6 Å². The van der Waals surface area contributed by atoms with Crippen LogP contribution in [0.1, 0.15) is 39.0 Å². The maximum Gasteiger partial charge on any atom is 0.341 e. The van der Waals surface area contributed by atoms with Gasteiger partial charge < -0.3 is 14.5 Å². The molecule has 2 aromatic carbocycles. The van der Waals surface area contributed by atoms with Crippen molar-refractivity contribution in [1.82, 2.24) is 0 Å². The van der Waals surface area contributed by atoms with Gasteiger partial charge in [-0.3, -0.25) is 9.59 Å². The number of carbonyl (C=O) groups is 2. The van der Waals surface area contributed by atoms with E-state index in [1.165, 1.54) is 11.3 Å². The molecule has 0 saturated heterocycles. The van der Waals surface area contributed by atoms with Crippen LogP contribution in [0.15, 0.2) is 63.1 Å². The Morgan fingerprint density at radius 3 is 2.47 bits per heavy atom. The fraction of sp³-hybridized carbons (Fsp3) is 0.160. The van der Waals surface area contributed by atoms with E-state index in [2.05, 4.69) is 5.32 Å². The molecule has 0 bridgehead atoms. The van der Waals surface area contributed by atoms with Gasteiger partial charge in [-0.1, -0.05) is 35.9 Å². The zero-order valence-electron chi connectivity index (χ0n) is 17.9. The minimum atomic E-state index is -0.617. The summed E-state index contributed by atoms with van der Waals surface area (Å²) in [5.74, 6) is -1.28. The first kappa shape index (κ1) is 21.5. The van der Waals surface area contributed by atoms with Gasteiger partial charge in [0.2, 0.25) is 0 Å². The van der Waals surface area contributed by atoms with Crippen LogP contribution in [0.3, 0.4) is 0 Å². The fourth-order valence-corrected chi connectivity index (χ4v) is 4.29. The minimum absolute atomic E-state index is 0.131. The lowest BCUT2D eigenvalue weighted by Crippen LogP contribution is -2.16. The maximum absolute atomic E-state index is 12.9. The van der Waals surface area contributed by atoms with Crippen molar-refractivity contribution < 1.29 is 18.7 Å². The van der Waals surface area contributed by atoms with Gasteiger partial charge in [0.05, 0.1) is 12.0 Å². The number of fused-ring (bicyclic) bond motifs is 1. The lowest BCUT2D eigenvalue weighted by atomic mass is 10.0. The van der Waals surface area contributed by atoms with Gasteiger partial charge in [-0.15, -0.1) is 11.3 Å².